The van der Waals surface area contributed by atoms with Crippen molar-refractivity contribution in [2.75, 3.05) is 26.7 Å². The molecule has 17 heavy (non-hydrogen) atoms. The van der Waals surface area contributed by atoms with Gasteiger partial charge in [0, 0.05) is 0 Å². The van der Waals surface area contributed by atoms with Gasteiger partial charge in [0.15, 0.2) is 0 Å². The summed E-state index contributed by atoms with van der Waals surface area (Å²) in [5.74, 6) is 0. The number of rotatable bonds is 2. The van der Waals surface area contributed by atoms with Gasteiger partial charge in [-0.05, 0) is 25.3 Å². The van der Waals surface area contributed by atoms with E-state index >= 15 is 0 Å². The number of hydrogen-bond donors (Lipinski definition) is 0. The fourth-order valence-corrected chi connectivity index (χ4v) is 1.77. The van der Waals surface area contributed by atoms with Crippen LogP contribution in [0.15, 0.2) is 12.7 Å². The van der Waals surface area contributed by atoms with Gasteiger partial charge in [-0.1, -0.05) is 6.58 Å². The van der Waals surface area contributed by atoms with Crippen LogP contribution in [-0.4, -0.2) is 31.2 Å². The SMILES string of the molecule is C=CC[N+]1(C)CCCCC1.FP(F)(F)(F)F.[F-]. The molecular formula is C9H18F6NP. The van der Waals surface area contributed by atoms with Gasteiger partial charge < -0.3 is 9.19 Å². The van der Waals surface area contributed by atoms with Crippen LogP contribution >= 0.6 is 8.16 Å². The van der Waals surface area contributed by atoms with Crippen molar-refractivity contribution in [3.05, 3.63) is 12.7 Å². The minimum Gasteiger partial charge on any atom is -1.00 e. The smallest absolute Gasteiger partial charge is 1.00 e. The van der Waals surface area contributed by atoms with Gasteiger partial charge in [0.05, 0.1) is 26.7 Å². The van der Waals surface area contributed by atoms with Crippen LogP contribution in [0.4, 0.5) is 21.0 Å². The number of nitrogens with zero attached hydrogens (tertiary/aromatic N) is 1. The normalized spacial score (nSPS) is 20.9. The first kappa shape index (κ1) is 19.1. The molecule has 0 saturated carbocycles. The molecule has 0 aromatic heterocycles. The van der Waals surface area contributed by atoms with Crippen LogP contribution in [0.1, 0.15) is 19.3 Å². The van der Waals surface area contributed by atoms with E-state index in [-0.39, 0.29) is 4.70 Å². The number of likely N-dealkylation sites (tertiary alicyclic amines) is 1. The second-order valence-corrected chi connectivity index (χ2v) is 5.52. The zero-order valence-corrected chi connectivity index (χ0v) is 10.6. The second-order valence-electron chi connectivity index (χ2n) is 4.24. The van der Waals surface area contributed by atoms with E-state index in [4.69, 9.17) is 0 Å². The zero-order valence-electron chi connectivity index (χ0n) is 9.69. The van der Waals surface area contributed by atoms with Crippen molar-refractivity contribution in [1.29, 1.82) is 0 Å². The summed E-state index contributed by atoms with van der Waals surface area (Å²) in [6, 6.07) is 0. The van der Waals surface area contributed by atoms with Crippen LogP contribution in [0.3, 0.4) is 0 Å². The van der Waals surface area contributed by atoms with E-state index in [9.17, 15) is 21.0 Å². The van der Waals surface area contributed by atoms with E-state index in [1.807, 2.05) is 6.08 Å². The van der Waals surface area contributed by atoms with Gasteiger partial charge in [0.25, 0.3) is 0 Å². The molecule has 0 N–H and O–H groups in total. The van der Waals surface area contributed by atoms with Crippen molar-refractivity contribution < 1.29 is 30.2 Å². The van der Waals surface area contributed by atoms with E-state index in [2.05, 4.69) is 13.6 Å². The molecule has 0 aliphatic carbocycles. The maximum Gasteiger partial charge on any atom is -1.00 e. The van der Waals surface area contributed by atoms with Gasteiger partial charge in [-0.15, -0.1) is 0 Å². The maximum absolute atomic E-state index is 9.84. The molecular weight excluding hydrogens is 267 g/mol. The molecule has 1 aliphatic heterocycles. The third-order valence-electron chi connectivity index (χ3n) is 2.47. The third kappa shape index (κ3) is 15.7. The molecule has 1 heterocycles. The molecule has 1 saturated heterocycles. The summed E-state index contributed by atoms with van der Waals surface area (Å²) in [5, 5.41) is 0. The quantitative estimate of drug-likeness (QED) is 0.314. The summed E-state index contributed by atoms with van der Waals surface area (Å²) in [6.45, 7) is 7.64. The largest absolute Gasteiger partial charge is 1.00 e. The van der Waals surface area contributed by atoms with E-state index in [1.54, 1.807) is 0 Å². The molecule has 1 rings (SSSR count). The third-order valence-corrected chi connectivity index (χ3v) is 2.47. The summed E-state index contributed by atoms with van der Waals surface area (Å²) in [5.41, 5.74) is 0. The predicted molar refractivity (Wildman–Crippen MR) is 57.3 cm³/mol. The van der Waals surface area contributed by atoms with E-state index in [0.717, 1.165) is 6.54 Å². The molecule has 0 amide bonds. The predicted octanol–water partition coefficient (Wildman–Crippen LogP) is 1.77. The Labute approximate surface area is 97.8 Å². The Morgan fingerprint density at radius 1 is 1.06 bits per heavy atom. The van der Waals surface area contributed by atoms with Gasteiger partial charge in [-0.2, -0.15) is 0 Å². The topological polar surface area (TPSA) is 0 Å². The van der Waals surface area contributed by atoms with Crippen LogP contribution in [-0.2, 0) is 0 Å². The Kier molecular flexibility index (Phi) is 7.39. The minimum atomic E-state index is -8.55. The molecule has 106 valence electrons. The van der Waals surface area contributed by atoms with Crippen molar-refractivity contribution in [2.24, 2.45) is 0 Å². The Morgan fingerprint density at radius 3 is 1.71 bits per heavy atom. The molecule has 0 aromatic rings. The van der Waals surface area contributed by atoms with Crippen LogP contribution in [0, 0.1) is 0 Å². The first-order valence-electron chi connectivity index (χ1n) is 5.06. The van der Waals surface area contributed by atoms with Gasteiger partial charge in [0.1, 0.15) is 0 Å². The fraction of sp³-hybridized carbons (Fsp3) is 0.778. The molecule has 0 aromatic carbocycles. The van der Waals surface area contributed by atoms with Gasteiger partial charge in [0.2, 0.25) is 0 Å². The van der Waals surface area contributed by atoms with Gasteiger partial charge in [-0.3, -0.25) is 0 Å². The summed E-state index contributed by atoms with van der Waals surface area (Å²) in [4.78, 5) is 0. The molecule has 1 nitrogen and oxygen atoms in total. The van der Waals surface area contributed by atoms with Crippen molar-refractivity contribution in [3.8, 4) is 0 Å². The fourth-order valence-electron chi connectivity index (χ4n) is 1.77. The molecule has 0 unspecified atom stereocenters. The Balaban J connectivity index is 0. The minimum absolute atomic E-state index is 0. The van der Waals surface area contributed by atoms with Crippen LogP contribution in [0.5, 0.6) is 0 Å². The molecule has 0 atom stereocenters. The monoisotopic (exact) mass is 285 g/mol. The average molecular weight is 285 g/mol. The van der Waals surface area contributed by atoms with E-state index in [0.29, 0.717) is 0 Å². The summed E-state index contributed by atoms with van der Waals surface area (Å²) >= 11 is 0. The molecule has 8 heteroatoms. The maximum atomic E-state index is 9.84. The number of hydrogen-bond acceptors (Lipinski definition) is 0. The number of piperidine rings is 1. The molecule has 1 fully saturated rings. The molecule has 1 aliphatic rings. The first-order chi connectivity index (χ1) is 7.00. The molecule has 0 spiro atoms. The number of quaternary nitrogens is 1. The standard InChI is InChI=1S/C9H18N.F5P.FH/c1-3-7-10(2)8-5-4-6-9-10;1-6(2,3,4)5;/h3H,1,4-9H2,2H3;;1H/q+1;;/p-1. The van der Waals surface area contributed by atoms with Crippen molar-refractivity contribution in [1.82, 2.24) is 0 Å². The van der Waals surface area contributed by atoms with Crippen LogP contribution in [0.25, 0.3) is 0 Å². The Hall–Kier alpha value is -0.290. The van der Waals surface area contributed by atoms with Gasteiger partial charge >= 0.3 is 29.1 Å². The molecule has 0 radical (unpaired) electrons. The van der Waals surface area contributed by atoms with E-state index < -0.39 is 8.16 Å². The van der Waals surface area contributed by atoms with Crippen molar-refractivity contribution in [3.63, 3.8) is 0 Å². The van der Waals surface area contributed by atoms with Crippen LogP contribution in [0.2, 0.25) is 0 Å². The van der Waals surface area contributed by atoms with E-state index in [1.165, 1.54) is 36.8 Å². The summed E-state index contributed by atoms with van der Waals surface area (Å²) in [6.07, 6.45) is 6.30. The summed E-state index contributed by atoms with van der Waals surface area (Å²) < 4.78 is 50.4. The number of likely N-dealkylation sites (N-methyl/N-ethyl adjacent to an activating group) is 1. The molecule has 0 bridgehead atoms. The van der Waals surface area contributed by atoms with Gasteiger partial charge in [-0.25, -0.2) is 0 Å². The average Bonchev–Trinajstić information content (AvgIpc) is 2.00. The first-order valence-corrected chi connectivity index (χ1v) is 6.75. The Bertz CT molecular complexity index is 214. The van der Waals surface area contributed by atoms with Crippen LogP contribution < -0.4 is 4.70 Å². The zero-order chi connectivity index (χ0) is 12.9. The van der Waals surface area contributed by atoms with Crippen molar-refractivity contribution in [2.45, 2.75) is 19.3 Å². The Morgan fingerprint density at radius 2 is 1.41 bits per heavy atom. The van der Waals surface area contributed by atoms with Crippen molar-refractivity contribution >= 4 is 8.16 Å². The number of halogens is 6. The second kappa shape index (κ2) is 6.59. The summed E-state index contributed by atoms with van der Waals surface area (Å²) in [7, 11) is -6.22.